The van der Waals surface area contributed by atoms with Gasteiger partial charge in [0.25, 0.3) is 5.91 Å². The van der Waals surface area contributed by atoms with Gasteiger partial charge in [0.15, 0.2) is 0 Å². The first-order valence-corrected chi connectivity index (χ1v) is 10.5. The first-order valence-electron chi connectivity index (χ1n) is 9.72. The summed E-state index contributed by atoms with van der Waals surface area (Å²) in [6, 6.07) is 4.98. The highest BCUT2D eigenvalue weighted by atomic mass is 32.1. The Morgan fingerprint density at radius 3 is 2.38 bits per heavy atom. The van der Waals surface area contributed by atoms with E-state index < -0.39 is 0 Å². The van der Waals surface area contributed by atoms with Crippen LogP contribution in [0.3, 0.4) is 0 Å². The van der Waals surface area contributed by atoms with Gasteiger partial charge in [-0.25, -0.2) is 4.79 Å². The summed E-state index contributed by atoms with van der Waals surface area (Å²) >= 11 is 1.47. The number of nitrogens with one attached hydrogen (secondary N) is 1. The molecule has 1 N–H and O–H groups in total. The van der Waals surface area contributed by atoms with Crippen molar-refractivity contribution in [3.63, 3.8) is 0 Å². The second-order valence-corrected chi connectivity index (χ2v) is 8.67. The van der Waals surface area contributed by atoms with Gasteiger partial charge in [0, 0.05) is 16.5 Å². The van der Waals surface area contributed by atoms with Gasteiger partial charge in [-0.3, -0.25) is 4.79 Å². The molecule has 1 amide bonds. The van der Waals surface area contributed by atoms with Crippen molar-refractivity contribution < 1.29 is 23.8 Å². The van der Waals surface area contributed by atoms with E-state index >= 15 is 0 Å². The molecule has 7 heteroatoms. The first kappa shape index (κ1) is 21.2. The predicted octanol–water partition coefficient (Wildman–Crippen LogP) is 4.71. The summed E-state index contributed by atoms with van der Waals surface area (Å²) < 4.78 is 16.0. The lowest BCUT2D eigenvalue weighted by molar-refractivity contribution is 0.0378. The molecule has 0 saturated heterocycles. The Labute approximate surface area is 175 Å². The quantitative estimate of drug-likeness (QED) is 0.689. The van der Waals surface area contributed by atoms with Crippen LogP contribution in [0.15, 0.2) is 18.2 Å². The average Bonchev–Trinajstić information content (AvgIpc) is 3.03. The molecular weight excluding hydrogens is 390 g/mol. The van der Waals surface area contributed by atoms with Crippen LogP contribution in [0.2, 0.25) is 0 Å². The van der Waals surface area contributed by atoms with Crippen molar-refractivity contribution in [3.8, 4) is 11.5 Å². The lowest BCUT2D eigenvalue weighted by Gasteiger charge is -2.19. The molecule has 2 aromatic rings. The molecule has 0 saturated carbocycles. The van der Waals surface area contributed by atoms with Crippen molar-refractivity contribution in [3.05, 3.63) is 39.8 Å². The van der Waals surface area contributed by atoms with Crippen molar-refractivity contribution in [2.75, 3.05) is 19.5 Å². The van der Waals surface area contributed by atoms with Crippen LogP contribution in [0.4, 0.5) is 5.00 Å². The van der Waals surface area contributed by atoms with Gasteiger partial charge in [-0.2, -0.15) is 0 Å². The van der Waals surface area contributed by atoms with E-state index in [1.54, 1.807) is 18.2 Å². The smallest absolute Gasteiger partial charge is 0.341 e. The Morgan fingerprint density at radius 2 is 1.79 bits per heavy atom. The van der Waals surface area contributed by atoms with Gasteiger partial charge in [-0.15, -0.1) is 11.3 Å². The maximum absolute atomic E-state index is 13.0. The molecule has 1 aliphatic rings. The number of esters is 1. The average molecular weight is 418 g/mol. The molecule has 1 atom stereocenters. The summed E-state index contributed by atoms with van der Waals surface area (Å²) in [7, 11) is 3.07. The Kier molecular flexibility index (Phi) is 6.47. The number of fused-ring (bicyclic) bond motifs is 1. The number of hydrogen-bond donors (Lipinski definition) is 1. The maximum atomic E-state index is 13.0. The third-order valence-corrected chi connectivity index (χ3v) is 6.07. The fourth-order valence-electron chi connectivity index (χ4n) is 3.44. The van der Waals surface area contributed by atoms with E-state index in [9.17, 15) is 9.59 Å². The van der Waals surface area contributed by atoms with Crippen molar-refractivity contribution in [1.82, 2.24) is 0 Å². The van der Waals surface area contributed by atoms with E-state index in [1.807, 2.05) is 13.8 Å². The highest BCUT2D eigenvalue weighted by molar-refractivity contribution is 7.17. The van der Waals surface area contributed by atoms with E-state index in [0.29, 0.717) is 33.5 Å². The van der Waals surface area contributed by atoms with Gasteiger partial charge >= 0.3 is 5.97 Å². The molecule has 29 heavy (non-hydrogen) atoms. The minimum absolute atomic E-state index is 0.230. The van der Waals surface area contributed by atoms with Crippen LogP contribution in [0.5, 0.6) is 11.5 Å². The Hall–Kier alpha value is -2.54. The number of hydrogen-bond acceptors (Lipinski definition) is 6. The van der Waals surface area contributed by atoms with Crippen LogP contribution in [0.25, 0.3) is 0 Å². The fraction of sp³-hybridized carbons (Fsp3) is 0.455. The van der Waals surface area contributed by atoms with Gasteiger partial charge in [0.2, 0.25) is 0 Å². The maximum Gasteiger partial charge on any atom is 0.341 e. The number of ether oxygens (including phenoxy) is 3. The predicted molar refractivity (Wildman–Crippen MR) is 114 cm³/mol. The number of rotatable bonds is 6. The van der Waals surface area contributed by atoms with Gasteiger partial charge in [-0.1, -0.05) is 6.92 Å². The summed E-state index contributed by atoms with van der Waals surface area (Å²) in [6.45, 7) is 5.84. The molecule has 3 rings (SSSR count). The molecule has 0 bridgehead atoms. The monoisotopic (exact) mass is 417 g/mol. The molecule has 0 unspecified atom stereocenters. The summed E-state index contributed by atoms with van der Waals surface area (Å²) in [5.74, 6) is 0.890. The van der Waals surface area contributed by atoms with Gasteiger partial charge < -0.3 is 19.5 Å². The molecule has 0 radical (unpaired) electrons. The minimum Gasteiger partial charge on any atom is -0.497 e. The van der Waals surface area contributed by atoms with Crippen molar-refractivity contribution in [2.45, 2.75) is 46.1 Å². The molecule has 0 aliphatic heterocycles. The summed E-state index contributed by atoms with van der Waals surface area (Å²) in [5, 5.41) is 3.47. The van der Waals surface area contributed by atoms with Crippen LogP contribution in [0.1, 0.15) is 58.3 Å². The van der Waals surface area contributed by atoms with Crippen molar-refractivity contribution >= 4 is 28.2 Å². The highest BCUT2D eigenvalue weighted by Crippen LogP contribution is 2.40. The van der Waals surface area contributed by atoms with E-state index in [2.05, 4.69) is 12.2 Å². The summed E-state index contributed by atoms with van der Waals surface area (Å²) in [4.78, 5) is 26.9. The standard InChI is InChI=1S/C22H27NO5S/c1-12(2)28-22(25)19-17-7-6-13(3)8-18(17)29-21(19)23-20(24)14-9-15(26-4)11-16(10-14)27-5/h9-13H,6-8H2,1-5H3,(H,23,24)/t13-/m1/s1. The highest BCUT2D eigenvalue weighted by Gasteiger charge is 2.30. The van der Waals surface area contributed by atoms with Gasteiger partial charge in [0.1, 0.15) is 16.5 Å². The molecule has 1 aromatic carbocycles. The third kappa shape index (κ3) is 4.72. The van der Waals surface area contributed by atoms with E-state index in [-0.39, 0.29) is 18.0 Å². The number of anilines is 1. The Balaban J connectivity index is 1.96. The van der Waals surface area contributed by atoms with Crippen molar-refractivity contribution in [2.24, 2.45) is 5.92 Å². The van der Waals surface area contributed by atoms with Gasteiger partial charge in [-0.05, 0) is 56.7 Å². The lowest BCUT2D eigenvalue weighted by Crippen LogP contribution is -2.18. The number of carbonyl (C=O) groups is 2. The van der Waals surface area contributed by atoms with E-state index in [1.165, 1.54) is 25.6 Å². The van der Waals surface area contributed by atoms with Gasteiger partial charge in [0.05, 0.1) is 25.9 Å². The van der Waals surface area contributed by atoms with Crippen LogP contribution < -0.4 is 14.8 Å². The van der Waals surface area contributed by atoms with Crippen molar-refractivity contribution in [1.29, 1.82) is 0 Å². The molecule has 0 fully saturated rings. The molecule has 6 nitrogen and oxygen atoms in total. The van der Waals surface area contributed by atoms with Crippen LogP contribution in [-0.2, 0) is 17.6 Å². The first-order chi connectivity index (χ1) is 13.8. The topological polar surface area (TPSA) is 73.9 Å². The number of thiophene rings is 1. The summed E-state index contributed by atoms with van der Waals surface area (Å²) in [5.41, 5.74) is 1.90. The fourth-order valence-corrected chi connectivity index (χ4v) is 4.84. The molecular formula is C22H27NO5S. The van der Waals surface area contributed by atoms with Crippen LogP contribution in [-0.4, -0.2) is 32.2 Å². The molecule has 1 heterocycles. The summed E-state index contributed by atoms with van der Waals surface area (Å²) in [6.07, 6.45) is 2.52. The van der Waals surface area contributed by atoms with E-state index in [4.69, 9.17) is 14.2 Å². The zero-order chi connectivity index (χ0) is 21.1. The molecule has 1 aliphatic carbocycles. The number of benzene rings is 1. The SMILES string of the molecule is COc1cc(OC)cc(C(=O)Nc2sc3c(c2C(=O)OC(C)C)CC[C@@H](C)C3)c1. The number of amides is 1. The number of methoxy groups -OCH3 is 2. The molecule has 0 spiro atoms. The van der Waals surface area contributed by atoms with E-state index in [0.717, 1.165) is 29.7 Å². The van der Waals surface area contributed by atoms with Crippen LogP contribution in [0, 0.1) is 5.92 Å². The largest absolute Gasteiger partial charge is 0.497 e. The minimum atomic E-state index is -0.384. The zero-order valence-corrected chi connectivity index (χ0v) is 18.3. The van der Waals surface area contributed by atoms with Crippen LogP contribution >= 0.6 is 11.3 Å². The molecule has 156 valence electrons. The molecule has 1 aromatic heterocycles. The lowest BCUT2D eigenvalue weighted by atomic mass is 9.88. The Bertz CT molecular complexity index is 896. The second-order valence-electron chi connectivity index (χ2n) is 7.57. The second kappa shape index (κ2) is 8.86. The number of carbonyl (C=O) groups excluding carboxylic acids is 2. The third-order valence-electron chi connectivity index (χ3n) is 4.90. The Morgan fingerprint density at radius 1 is 1.14 bits per heavy atom. The normalized spacial score (nSPS) is 15.6. The zero-order valence-electron chi connectivity index (χ0n) is 17.5.